The van der Waals surface area contributed by atoms with E-state index in [1.807, 2.05) is 25.1 Å². The molecule has 0 saturated carbocycles. The lowest BCUT2D eigenvalue weighted by atomic mass is 9.85. The van der Waals surface area contributed by atoms with E-state index in [1.165, 1.54) is 4.90 Å². The van der Waals surface area contributed by atoms with Gasteiger partial charge in [-0.25, -0.2) is 4.90 Å². The van der Waals surface area contributed by atoms with Crippen molar-refractivity contribution in [1.29, 1.82) is 0 Å². The van der Waals surface area contributed by atoms with Gasteiger partial charge >= 0.3 is 0 Å². The molecule has 3 aromatic carbocycles. The number of benzene rings is 3. The first-order chi connectivity index (χ1) is 18.3. The Hall–Kier alpha value is -4.10. The number of Topliss-reactive ketones (excluding diaryl/α,β-unsaturated/α-hetero) is 2. The number of fused-ring (bicyclic) bond motifs is 3. The maximum atomic E-state index is 13.9. The van der Waals surface area contributed by atoms with Crippen molar-refractivity contribution in [2.45, 2.75) is 19.0 Å². The van der Waals surface area contributed by atoms with Crippen LogP contribution in [0.15, 0.2) is 107 Å². The standard InChI is InChI=1S/C31H23BrN2O4/c1-18-7-13-23(14-8-18)34-30(37)25-24-17-21(28(35)19-5-3-2-4-6-19)15-16-33(24)27(26(25)31(34)38)29(36)20-9-11-22(32)12-10-20/h2-17,24-27H,1H3/t24-,25-,26-,27+/m0/s1. The molecular formula is C31H23BrN2O4. The normalized spacial score (nSPS) is 23.8. The molecule has 188 valence electrons. The molecule has 4 atom stereocenters. The average molecular weight is 567 g/mol. The van der Waals surface area contributed by atoms with E-state index in [0.717, 1.165) is 10.0 Å². The number of ketones is 2. The molecule has 0 radical (unpaired) electrons. The van der Waals surface area contributed by atoms with Crippen molar-refractivity contribution in [3.63, 3.8) is 0 Å². The van der Waals surface area contributed by atoms with Gasteiger partial charge in [-0.1, -0.05) is 82.2 Å². The Balaban J connectivity index is 1.43. The third kappa shape index (κ3) is 3.85. The van der Waals surface area contributed by atoms with Crippen molar-refractivity contribution >= 4 is 45.0 Å². The second kappa shape index (κ2) is 9.33. The fraction of sp³-hybridized carbons (Fsp3) is 0.161. The van der Waals surface area contributed by atoms with Gasteiger partial charge in [0.2, 0.25) is 11.8 Å². The van der Waals surface area contributed by atoms with Crippen LogP contribution < -0.4 is 4.90 Å². The number of hydrogen-bond acceptors (Lipinski definition) is 5. The van der Waals surface area contributed by atoms with Crippen LogP contribution in [-0.2, 0) is 9.59 Å². The van der Waals surface area contributed by atoms with E-state index in [2.05, 4.69) is 15.9 Å². The number of carbonyl (C=O) groups excluding carboxylic acids is 4. The second-order valence-corrected chi connectivity index (χ2v) is 10.7. The van der Waals surface area contributed by atoms with Gasteiger partial charge in [0.05, 0.1) is 23.6 Å². The molecule has 2 fully saturated rings. The summed E-state index contributed by atoms with van der Waals surface area (Å²) in [7, 11) is 0. The molecule has 3 aliphatic rings. The molecule has 0 spiro atoms. The van der Waals surface area contributed by atoms with Gasteiger partial charge in [-0.3, -0.25) is 19.2 Å². The molecule has 0 N–H and O–H groups in total. The molecule has 7 heteroatoms. The lowest BCUT2D eigenvalue weighted by molar-refractivity contribution is -0.123. The first-order valence-corrected chi connectivity index (χ1v) is 13.2. The number of halogens is 1. The molecule has 6 rings (SSSR count). The zero-order valence-corrected chi connectivity index (χ0v) is 22.0. The number of hydrogen-bond donors (Lipinski definition) is 0. The van der Waals surface area contributed by atoms with Gasteiger partial charge in [0.15, 0.2) is 11.6 Å². The zero-order chi connectivity index (χ0) is 26.6. The second-order valence-electron chi connectivity index (χ2n) is 9.79. The SMILES string of the molecule is Cc1ccc(N2C(=O)[C@@H]3[C@H](C2=O)[C@H](C(=O)c2ccc(Br)cc2)N2C=CC(C(=O)c4ccccc4)=C[C@@H]32)cc1. The number of allylic oxidation sites excluding steroid dienone is 2. The Bertz CT molecular complexity index is 1530. The largest absolute Gasteiger partial charge is 0.359 e. The average Bonchev–Trinajstić information content (AvgIpc) is 3.41. The summed E-state index contributed by atoms with van der Waals surface area (Å²) in [5, 5.41) is 0. The summed E-state index contributed by atoms with van der Waals surface area (Å²) in [6, 6.07) is 21.6. The molecule has 2 saturated heterocycles. The molecule has 2 amide bonds. The van der Waals surface area contributed by atoms with Gasteiger partial charge in [-0.05, 0) is 37.3 Å². The van der Waals surface area contributed by atoms with Crippen LogP contribution in [0.4, 0.5) is 5.69 Å². The molecule has 6 nitrogen and oxygen atoms in total. The predicted molar refractivity (Wildman–Crippen MR) is 147 cm³/mol. The molecule has 38 heavy (non-hydrogen) atoms. The molecule has 3 aromatic rings. The van der Waals surface area contributed by atoms with Crippen molar-refractivity contribution < 1.29 is 19.2 Å². The van der Waals surface area contributed by atoms with Crippen LogP contribution in [0.1, 0.15) is 26.3 Å². The van der Waals surface area contributed by atoms with Crippen molar-refractivity contribution in [2.75, 3.05) is 4.90 Å². The number of imide groups is 1. The first kappa shape index (κ1) is 24.2. The van der Waals surface area contributed by atoms with E-state index in [-0.39, 0.29) is 17.5 Å². The summed E-state index contributed by atoms with van der Waals surface area (Å²) in [5.74, 6) is -2.84. The predicted octanol–water partition coefficient (Wildman–Crippen LogP) is 5.14. The van der Waals surface area contributed by atoms with Crippen molar-refractivity contribution in [1.82, 2.24) is 4.90 Å². The monoisotopic (exact) mass is 566 g/mol. The van der Waals surface area contributed by atoms with Gasteiger partial charge in [0.1, 0.15) is 6.04 Å². The van der Waals surface area contributed by atoms with E-state index in [4.69, 9.17) is 0 Å². The summed E-state index contributed by atoms with van der Waals surface area (Å²) in [5.41, 5.74) is 2.91. The van der Waals surface area contributed by atoms with Gasteiger partial charge in [-0.15, -0.1) is 0 Å². The molecule has 0 unspecified atom stereocenters. The van der Waals surface area contributed by atoms with Crippen LogP contribution >= 0.6 is 15.9 Å². The molecular weight excluding hydrogens is 544 g/mol. The highest BCUT2D eigenvalue weighted by atomic mass is 79.9. The van der Waals surface area contributed by atoms with Crippen molar-refractivity contribution in [3.05, 3.63) is 124 Å². The summed E-state index contributed by atoms with van der Waals surface area (Å²) >= 11 is 3.40. The summed E-state index contributed by atoms with van der Waals surface area (Å²) in [4.78, 5) is 57.8. The van der Waals surface area contributed by atoms with Gasteiger partial charge in [-0.2, -0.15) is 0 Å². The minimum Gasteiger partial charge on any atom is -0.359 e. The number of rotatable bonds is 5. The fourth-order valence-corrected chi connectivity index (χ4v) is 5.95. The Morgan fingerprint density at radius 1 is 0.789 bits per heavy atom. The number of aryl methyl sites for hydroxylation is 1. The van der Waals surface area contributed by atoms with Gasteiger partial charge in [0.25, 0.3) is 0 Å². The summed E-state index contributed by atoms with van der Waals surface area (Å²) in [6.45, 7) is 1.93. The van der Waals surface area contributed by atoms with Crippen LogP contribution in [0, 0.1) is 18.8 Å². The van der Waals surface area contributed by atoms with Crippen LogP contribution in [0.25, 0.3) is 0 Å². The highest BCUT2D eigenvalue weighted by Crippen LogP contribution is 2.47. The fourth-order valence-electron chi connectivity index (χ4n) is 5.69. The molecule has 0 aliphatic carbocycles. The molecule has 0 aromatic heterocycles. The lowest BCUT2D eigenvalue weighted by Gasteiger charge is -2.32. The lowest BCUT2D eigenvalue weighted by Crippen LogP contribution is -2.46. The van der Waals surface area contributed by atoms with Crippen molar-refractivity contribution in [3.8, 4) is 0 Å². The van der Waals surface area contributed by atoms with Crippen LogP contribution in [-0.4, -0.2) is 40.4 Å². The molecule has 0 bridgehead atoms. The smallest absolute Gasteiger partial charge is 0.240 e. The molecule has 3 aliphatic heterocycles. The van der Waals surface area contributed by atoms with E-state index >= 15 is 0 Å². The zero-order valence-electron chi connectivity index (χ0n) is 20.5. The van der Waals surface area contributed by atoms with E-state index < -0.39 is 29.8 Å². The number of amides is 2. The van der Waals surface area contributed by atoms with E-state index in [1.54, 1.807) is 83.9 Å². The maximum absolute atomic E-state index is 13.9. The maximum Gasteiger partial charge on any atom is 0.240 e. The molecule has 3 heterocycles. The topological polar surface area (TPSA) is 74.8 Å². The van der Waals surface area contributed by atoms with E-state index in [0.29, 0.717) is 22.4 Å². The third-order valence-electron chi connectivity index (χ3n) is 7.54. The van der Waals surface area contributed by atoms with Crippen molar-refractivity contribution in [2.24, 2.45) is 11.8 Å². The van der Waals surface area contributed by atoms with Gasteiger partial charge < -0.3 is 4.90 Å². The van der Waals surface area contributed by atoms with Crippen LogP contribution in [0.5, 0.6) is 0 Å². The van der Waals surface area contributed by atoms with Crippen LogP contribution in [0.2, 0.25) is 0 Å². The summed E-state index contributed by atoms with van der Waals surface area (Å²) < 4.78 is 0.832. The Morgan fingerprint density at radius 2 is 1.45 bits per heavy atom. The Kier molecular flexibility index (Phi) is 5.95. The Labute approximate surface area is 228 Å². The minimum absolute atomic E-state index is 0.173. The first-order valence-electron chi connectivity index (χ1n) is 12.4. The quantitative estimate of drug-likeness (QED) is 0.316. The van der Waals surface area contributed by atoms with E-state index in [9.17, 15) is 19.2 Å². The minimum atomic E-state index is -0.878. The number of anilines is 1. The number of carbonyl (C=O) groups is 4. The van der Waals surface area contributed by atoms with Crippen LogP contribution in [0.3, 0.4) is 0 Å². The summed E-state index contributed by atoms with van der Waals surface area (Å²) in [6.07, 6.45) is 5.10. The van der Waals surface area contributed by atoms with Gasteiger partial charge in [0, 0.05) is 27.4 Å². The Morgan fingerprint density at radius 3 is 2.13 bits per heavy atom. The highest BCUT2D eigenvalue weighted by Gasteiger charge is 2.63. The number of nitrogens with zero attached hydrogens (tertiary/aromatic N) is 2. The highest BCUT2D eigenvalue weighted by molar-refractivity contribution is 9.10. The third-order valence-corrected chi connectivity index (χ3v) is 8.06.